The standard InChI is InChI=1S/C24H28N4O4/c1-17-22(23(30)28(26(17)2)19-10-4-3-5-11-19)25-24(31)27(16-20-12-8-14-32-20)15-18-9-6-7-13-21(18)29/h3-7,9-11,13,20,29H,8,12,14-16H2,1-2H3,(H,25,31)/t20-/m0/s1. The molecule has 168 valence electrons. The van der Waals surface area contributed by atoms with Crippen LogP contribution >= 0.6 is 0 Å². The number of urea groups is 1. The smallest absolute Gasteiger partial charge is 0.322 e. The summed E-state index contributed by atoms with van der Waals surface area (Å²) >= 11 is 0. The monoisotopic (exact) mass is 436 g/mol. The van der Waals surface area contributed by atoms with Gasteiger partial charge in [0.05, 0.1) is 24.0 Å². The van der Waals surface area contributed by atoms with Crippen LogP contribution in [0.1, 0.15) is 24.1 Å². The highest BCUT2D eigenvalue weighted by Gasteiger charge is 2.26. The number of aromatic nitrogens is 2. The van der Waals surface area contributed by atoms with E-state index >= 15 is 0 Å². The SMILES string of the molecule is Cc1c(NC(=O)N(Cc2ccccc2O)C[C@@H]2CCCO2)c(=O)n(-c2ccccc2)n1C. The molecule has 0 spiro atoms. The lowest BCUT2D eigenvalue weighted by molar-refractivity contribution is 0.0817. The van der Waals surface area contributed by atoms with Gasteiger partial charge in [-0.05, 0) is 38.0 Å². The van der Waals surface area contributed by atoms with Crippen molar-refractivity contribution in [3.63, 3.8) is 0 Å². The molecular weight excluding hydrogens is 408 g/mol. The first-order valence-corrected chi connectivity index (χ1v) is 10.7. The molecule has 1 fully saturated rings. The molecule has 0 unspecified atom stereocenters. The molecule has 3 aromatic rings. The molecule has 0 bridgehead atoms. The third kappa shape index (κ3) is 4.40. The van der Waals surface area contributed by atoms with E-state index in [2.05, 4.69) is 5.32 Å². The van der Waals surface area contributed by atoms with Crippen molar-refractivity contribution in [2.75, 3.05) is 18.5 Å². The summed E-state index contributed by atoms with van der Waals surface area (Å²) in [6.07, 6.45) is 1.76. The molecule has 1 aliphatic heterocycles. The van der Waals surface area contributed by atoms with E-state index in [0.29, 0.717) is 30.1 Å². The van der Waals surface area contributed by atoms with Crippen molar-refractivity contribution in [2.45, 2.75) is 32.4 Å². The van der Waals surface area contributed by atoms with Crippen LogP contribution in [0.2, 0.25) is 0 Å². The third-order valence-electron chi connectivity index (χ3n) is 5.87. The van der Waals surface area contributed by atoms with Crippen molar-refractivity contribution in [3.8, 4) is 11.4 Å². The minimum atomic E-state index is -0.408. The molecule has 2 amide bonds. The van der Waals surface area contributed by atoms with E-state index in [0.717, 1.165) is 12.8 Å². The summed E-state index contributed by atoms with van der Waals surface area (Å²) in [7, 11) is 1.78. The number of para-hydroxylation sites is 2. The molecule has 1 aromatic heterocycles. The van der Waals surface area contributed by atoms with Gasteiger partial charge in [0.1, 0.15) is 11.4 Å². The molecule has 1 saturated heterocycles. The number of aromatic hydroxyl groups is 1. The quantitative estimate of drug-likeness (QED) is 0.620. The van der Waals surface area contributed by atoms with Gasteiger partial charge in [-0.1, -0.05) is 36.4 Å². The molecule has 4 rings (SSSR count). The molecule has 2 heterocycles. The number of benzene rings is 2. The van der Waals surface area contributed by atoms with Crippen LogP contribution in [-0.4, -0.2) is 44.7 Å². The second kappa shape index (κ2) is 9.32. The summed E-state index contributed by atoms with van der Waals surface area (Å²) in [6, 6.07) is 15.8. The fraction of sp³-hybridized carbons (Fsp3) is 0.333. The Morgan fingerprint density at radius 2 is 1.91 bits per heavy atom. The number of rotatable bonds is 6. The van der Waals surface area contributed by atoms with Gasteiger partial charge in [0, 0.05) is 25.8 Å². The van der Waals surface area contributed by atoms with E-state index in [-0.39, 0.29) is 29.6 Å². The van der Waals surface area contributed by atoms with Crippen LogP contribution in [0.4, 0.5) is 10.5 Å². The van der Waals surface area contributed by atoms with E-state index < -0.39 is 6.03 Å². The lowest BCUT2D eigenvalue weighted by Gasteiger charge is -2.26. The summed E-state index contributed by atoms with van der Waals surface area (Å²) in [6.45, 7) is 3.05. The molecule has 2 aromatic carbocycles. The topological polar surface area (TPSA) is 88.7 Å². The average Bonchev–Trinajstić information content (AvgIpc) is 3.38. The van der Waals surface area contributed by atoms with Gasteiger partial charge >= 0.3 is 6.03 Å². The summed E-state index contributed by atoms with van der Waals surface area (Å²) in [5.41, 5.74) is 1.92. The zero-order valence-electron chi connectivity index (χ0n) is 18.3. The molecular formula is C24H28N4O4. The number of carbonyl (C=O) groups excluding carboxylic acids is 1. The normalized spacial score (nSPS) is 15.6. The highest BCUT2D eigenvalue weighted by molar-refractivity contribution is 5.90. The van der Waals surface area contributed by atoms with Crippen LogP contribution in [0.15, 0.2) is 59.4 Å². The molecule has 1 aliphatic rings. The van der Waals surface area contributed by atoms with Crippen LogP contribution in [0.5, 0.6) is 5.75 Å². The van der Waals surface area contributed by atoms with E-state index in [1.807, 2.05) is 36.4 Å². The number of hydrogen-bond donors (Lipinski definition) is 2. The van der Waals surface area contributed by atoms with Gasteiger partial charge in [0.25, 0.3) is 5.56 Å². The number of carbonyl (C=O) groups is 1. The fourth-order valence-electron chi connectivity index (χ4n) is 4.00. The largest absolute Gasteiger partial charge is 0.508 e. The fourth-order valence-corrected chi connectivity index (χ4v) is 4.00. The van der Waals surface area contributed by atoms with Gasteiger partial charge in [0.15, 0.2) is 0 Å². The van der Waals surface area contributed by atoms with Gasteiger partial charge in [-0.2, -0.15) is 0 Å². The van der Waals surface area contributed by atoms with Crippen molar-refractivity contribution in [2.24, 2.45) is 7.05 Å². The molecule has 0 aliphatic carbocycles. The molecule has 32 heavy (non-hydrogen) atoms. The number of anilines is 1. The van der Waals surface area contributed by atoms with Crippen molar-refractivity contribution in [1.82, 2.24) is 14.3 Å². The molecule has 0 saturated carbocycles. The maximum atomic E-state index is 13.3. The first-order valence-electron chi connectivity index (χ1n) is 10.7. The molecule has 1 atom stereocenters. The number of phenols is 1. The number of amides is 2. The predicted molar refractivity (Wildman–Crippen MR) is 122 cm³/mol. The highest BCUT2D eigenvalue weighted by atomic mass is 16.5. The second-order valence-electron chi connectivity index (χ2n) is 8.01. The van der Waals surface area contributed by atoms with Crippen molar-refractivity contribution < 1.29 is 14.6 Å². The Morgan fingerprint density at radius 1 is 1.19 bits per heavy atom. The summed E-state index contributed by atoms with van der Waals surface area (Å²) in [5, 5.41) is 13.0. The molecule has 8 heteroatoms. The van der Waals surface area contributed by atoms with Gasteiger partial charge in [-0.15, -0.1) is 0 Å². The summed E-state index contributed by atoms with van der Waals surface area (Å²) in [4.78, 5) is 28.1. The first kappa shape index (κ1) is 21.7. The Bertz CT molecular complexity index is 1150. The number of nitrogens with zero attached hydrogens (tertiary/aromatic N) is 3. The third-order valence-corrected chi connectivity index (χ3v) is 5.87. The van der Waals surface area contributed by atoms with Gasteiger partial charge in [-0.25, -0.2) is 9.48 Å². The number of nitrogens with one attached hydrogen (secondary N) is 1. The Kier molecular flexibility index (Phi) is 6.32. The number of phenolic OH excluding ortho intramolecular Hbond substituents is 1. The lowest BCUT2D eigenvalue weighted by atomic mass is 10.1. The zero-order chi connectivity index (χ0) is 22.7. The summed E-state index contributed by atoms with van der Waals surface area (Å²) < 4.78 is 8.98. The van der Waals surface area contributed by atoms with Crippen LogP contribution in [-0.2, 0) is 18.3 Å². The number of hydrogen-bond acceptors (Lipinski definition) is 4. The zero-order valence-corrected chi connectivity index (χ0v) is 18.3. The van der Waals surface area contributed by atoms with Crippen LogP contribution in [0, 0.1) is 6.92 Å². The first-order chi connectivity index (χ1) is 15.5. The Hall–Kier alpha value is -3.52. The summed E-state index contributed by atoms with van der Waals surface area (Å²) in [5.74, 6) is 0.125. The van der Waals surface area contributed by atoms with Crippen molar-refractivity contribution >= 4 is 11.7 Å². The number of ether oxygens (including phenoxy) is 1. The molecule has 0 radical (unpaired) electrons. The van der Waals surface area contributed by atoms with E-state index in [1.165, 1.54) is 4.68 Å². The minimum Gasteiger partial charge on any atom is -0.508 e. The van der Waals surface area contributed by atoms with Crippen LogP contribution in [0.3, 0.4) is 0 Å². The highest BCUT2D eigenvalue weighted by Crippen LogP contribution is 2.21. The molecule has 2 N–H and O–H groups in total. The van der Waals surface area contributed by atoms with E-state index in [4.69, 9.17) is 4.74 Å². The van der Waals surface area contributed by atoms with Crippen molar-refractivity contribution in [3.05, 3.63) is 76.2 Å². The minimum absolute atomic E-state index is 0.0653. The van der Waals surface area contributed by atoms with E-state index in [1.54, 1.807) is 41.8 Å². The lowest BCUT2D eigenvalue weighted by Crippen LogP contribution is -2.40. The second-order valence-corrected chi connectivity index (χ2v) is 8.01. The van der Waals surface area contributed by atoms with Gasteiger partial charge in [-0.3, -0.25) is 9.48 Å². The maximum absolute atomic E-state index is 13.3. The van der Waals surface area contributed by atoms with E-state index in [9.17, 15) is 14.7 Å². The van der Waals surface area contributed by atoms with Crippen LogP contribution < -0.4 is 10.9 Å². The predicted octanol–water partition coefficient (Wildman–Crippen LogP) is 3.40. The maximum Gasteiger partial charge on any atom is 0.322 e. The van der Waals surface area contributed by atoms with Crippen molar-refractivity contribution in [1.29, 1.82) is 0 Å². The van der Waals surface area contributed by atoms with Gasteiger partial charge in [0.2, 0.25) is 0 Å². The van der Waals surface area contributed by atoms with Gasteiger partial charge < -0.3 is 20.1 Å². The Labute approximate surface area is 186 Å². The van der Waals surface area contributed by atoms with Crippen LogP contribution in [0.25, 0.3) is 5.69 Å². The Balaban J connectivity index is 1.62. The molecule has 8 nitrogen and oxygen atoms in total. The Morgan fingerprint density at radius 3 is 2.59 bits per heavy atom. The average molecular weight is 437 g/mol.